The molecule has 1 saturated carbocycles. The van der Waals surface area contributed by atoms with Gasteiger partial charge in [-0.05, 0) is 18.9 Å². The average Bonchev–Trinajstić information content (AvgIpc) is 3.25. The molecular formula is C14H18ClFN2O. The van der Waals surface area contributed by atoms with E-state index in [1.165, 1.54) is 12.8 Å². The summed E-state index contributed by atoms with van der Waals surface area (Å²) >= 11 is 5.90. The number of hydrogen-bond acceptors (Lipinski definition) is 3. The van der Waals surface area contributed by atoms with Crippen molar-refractivity contribution in [2.45, 2.75) is 31.0 Å². The molecule has 1 heterocycles. The Balaban J connectivity index is 1.98. The Morgan fingerprint density at radius 2 is 2.21 bits per heavy atom. The standard InChI is InChI=1S/C14H18ClFN2O/c15-11-3-1-2-10(13(11)16)14-12(8-17)19-7-6-18(14)9-4-5-9/h1-3,9,12,14H,4-8,17H2. The molecule has 0 radical (unpaired) electrons. The van der Waals surface area contributed by atoms with E-state index in [-0.39, 0.29) is 23.0 Å². The zero-order chi connectivity index (χ0) is 13.4. The van der Waals surface area contributed by atoms with Gasteiger partial charge < -0.3 is 10.5 Å². The summed E-state index contributed by atoms with van der Waals surface area (Å²) < 4.78 is 20.0. The summed E-state index contributed by atoms with van der Waals surface area (Å²) in [5.74, 6) is -0.344. The van der Waals surface area contributed by atoms with Crippen LogP contribution in [-0.2, 0) is 4.74 Å². The maximum atomic E-state index is 14.3. The van der Waals surface area contributed by atoms with Gasteiger partial charge in [0.2, 0.25) is 0 Å². The van der Waals surface area contributed by atoms with Crippen molar-refractivity contribution in [1.29, 1.82) is 0 Å². The van der Waals surface area contributed by atoms with Crippen LogP contribution in [0.25, 0.3) is 0 Å². The van der Waals surface area contributed by atoms with Gasteiger partial charge in [-0.2, -0.15) is 0 Å². The Morgan fingerprint density at radius 1 is 1.42 bits per heavy atom. The van der Waals surface area contributed by atoms with Gasteiger partial charge in [-0.15, -0.1) is 0 Å². The van der Waals surface area contributed by atoms with Gasteiger partial charge >= 0.3 is 0 Å². The van der Waals surface area contributed by atoms with E-state index in [9.17, 15) is 4.39 Å². The fourth-order valence-electron chi connectivity index (χ4n) is 2.89. The molecule has 1 aromatic rings. The molecule has 1 aliphatic heterocycles. The first-order valence-corrected chi connectivity index (χ1v) is 7.11. The predicted octanol–water partition coefficient (Wildman–Crippen LogP) is 2.34. The maximum absolute atomic E-state index is 14.3. The number of nitrogens with two attached hydrogens (primary N) is 1. The lowest BCUT2D eigenvalue weighted by atomic mass is 9.97. The molecule has 5 heteroatoms. The molecule has 0 amide bonds. The molecule has 2 unspecified atom stereocenters. The molecule has 104 valence electrons. The summed E-state index contributed by atoms with van der Waals surface area (Å²) in [5.41, 5.74) is 6.40. The summed E-state index contributed by atoms with van der Waals surface area (Å²) in [6.07, 6.45) is 2.19. The van der Waals surface area contributed by atoms with Crippen molar-refractivity contribution in [2.75, 3.05) is 19.7 Å². The summed E-state index contributed by atoms with van der Waals surface area (Å²) in [5, 5.41) is 0.162. The van der Waals surface area contributed by atoms with Crippen molar-refractivity contribution in [3.05, 3.63) is 34.6 Å². The highest BCUT2D eigenvalue weighted by Gasteiger charge is 2.41. The first kappa shape index (κ1) is 13.3. The number of ether oxygens (including phenoxy) is 1. The molecule has 0 aromatic heterocycles. The van der Waals surface area contributed by atoms with Gasteiger partial charge in [0.1, 0.15) is 5.82 Å². The second kappa shape index (κ2) is 5.37. The van der Waals surface area contributed by atoms with E-state index < -0.39 is 0 Å². The van der Waals surface area contributed by atoms with E-state index in [4.69, 9.17) is 22.1 Å². The molecular weight excluding hydrogens is 267 g/mol. The van der Waals surface area contributed by atoms with Crippen LogP contribution in [0.1, 0.15) is 24.4 Å². The number of rotatable bonds is 3. The monoisotopic (exact) mass is 284 g/mol. The lowest BCUT2D eigenvalue weighted by molar-refractivity contribution is -0.0722. The van der Waals surface area contributed by atoms with Crippen molar-refractivity contribution in [3.8, 4) is 0 Å². The van der Waals surface area contributed by atoms with Gasteiger partial charge in [-0.3, -0.25) is 4.90 Å². The Hall–Kier alpha value is -0.680. The van der Waals surface area contributed by atoms with Crippen LogP contribution in [-0.4, -0.2) is 36.7 Å². The third kappa shape index (κ3) is 2.50. The van der Waals surface area contributed by atoms with Crippen molar-refractivity contribution >= 4 is 11.6 Å². The van der Waals surface area contributed by atoms with Crippen LogP contribution in [0.4, 0.5) is 4.39 Å². The smallest absolute Gasteiger partial charge is 0.146 e. The lowest BCUT2D eigenvalue weighted by Gasteiger charge is -2.41. The minimum absolute atomic E-state index is 0.120. The Kier molecular flexibility index (Phi) is 3.76. The molecule has 2 N–H and O–H groups in total. The van der Waals surface area contributed by atoms with Crippen LogP contribution in [0, 0.1) is 5.82 Å². The third-order valence-corrected chi connectivity index (χ3v) is 4.23. The summed E-state index contributed by atoms with van der Waals surface area (Å²) in [4.78, 5) is 2.33. The zero-order valence-electron chi connectivity index (χ0n) is 10.7. The molecule has 2 aliphatic rings. The Bertz CT molecular complexity index is 467. The molecule has 0 bridgehead atoms. The first-order valence-electron chi connectivity index (χ1n) is 6.73. The highest BCUT2D eigenvalue weighted by atomic mass is 35.5. The van der Waals surface area contributed by atoms with Gasteiger partial charge in [0.25, 0.3) is 0 Å². The Labute approximate surface area is 117 Å². The number of benzene rings is 1. The summed E-state index contributed by atoms with van der Waals surface area (Å²) in [7, 11) is 0. The molecule has 2 fully saturated rings. The van der Waals surface area contributed by atoms with E-state index in [2.05, 4.69) is 4.90 Å². The van der Waals surface area contributed by atoms with E-state index in [0.29, 0.717) is 24.8 Å². The van der Waals surface area contributed by atoms with Gasteiger partial charge in [-0.25, -0.2) is 4.39 Å². The maximum Gasteiger partial charge on any atom is 0.146 e. The van der Waals surface area contributed by atoms with Crippen molar-refractivity contribution in [1.82, 2.24) is 4.90 Å². The van der Waals surface area contributed by atoms with Crippen LogP contribution in [0.15, 0.2) is 18.2 Å². The Morgan fingerprint density at radius 3 is 2.89 bits per heavy atom. The van der Waals surface area contributed by atoms with Crippen LogP contribution in [0.2, 0.25) is 5.02 Å². The third-order valence-electron chi connectivity index (χ3n) is 3.94. The molecule has 3 rings (SSSR count). The minimum atomic E-state index is -0.344. The van der Waals surface area contributed by atoms with Gasteiger partial charge in [0.05, 0.1) is 23.8 Å². The van der Waals surface area contributed by atoms with Crippen molar-refractivity contribution in [2.24, 2.45) is 5.73 Å². The zero-order valence-corrected chi connectivity index (χ0v) is 11.4. The van der Waals surface area contributed by atoms with E-state index in [0.717, 1.165) is 6.54 Å². The minimum Gasteiger partial charge on any atom is -0.374 e. The SMILES string of the molecule is NCC1OCCN(C2CC2)C1c1cccc(Cl)c1F. The van der Waals surface area contributed by atoms with E-state index in [1.54, 1.807) is 18.2 Å². The second-order valence-corrected chi connectivity index (χ2v) is 5.61. The molecule has 1 aromatic carbocycles. The van der Waals surface area contributed by atoms with E-state index >= 15 is 0 Å². The predicted molar refractivity (Wildman–Crippen MR) is 72.7 cm³/mol. The topological polar surface area (TPSA) is 38.5 Å². The summed E-state index contributed by atoms with van der Waals surface area (Å²) in [6.45, 7) is 1.88. The average molecular weight is 285 g/mol. The molecule has 1 aliphatic carbocycles. The van der Waals surface area contributed by atoms with Crippen LogP contribution in [0.3, 0.4) is 0 Å². The number of nitrogens with zero attached hydrogens (tertiary/aromatic N) is 1. The van der Waals surface area contributed by atoms with Gasteiger partial charge in [0.15, 0.2) is 0 Å². The summed E-state index contributed by atoms with van der Waals surface area (Å²) in [6, 6.07) is 5.57. The quantitative estimate of drug-likeness (QED) is 0.926. The van der Waals surface area contributed by atoms with Crippen molar-refractivity contribution in [3.63, 3.8) is 0 Å². The first-order chi connectivity index (χ1) is 9.22. The molecule has 1 saturated heterocycles. The largest absolute Gasteiger partial charge is 0.374 e. The molecule has 19 heavy (non-hydrogen) atoms. The molecule has 3 nitrogen and oxygen atoms in total. The second-order valence-electron chi connectivity index (χ2n) is 5.20. The van der Waals surface area contributed by atoms with Crippen molar-refractivity contribution < 1.29 is 9.13 Å². The van der Waals surface area contributed by atoms with Crippen LogP contribution in [0.5, 0.6) is 0 Å². The van der Waals surface area contributed by atoms with Crippen LogP contribution < -0.4 is 5.73 Å². The highest BCUT2D eigenvalue weighted by Crippen LogP contribution is 2.40. The normalized spacial score (nSPS) is 28.6. The molecule has 2 atom stereocenters. The highest BCUT2D eigenvalue weighted by molar-refractivity contribution is 6.30. The fourth-order valence-corrected chi connectivity index (χ4v) is 3.08. The van der Waals surface area contributed by atoms with Gasteiger partial charge in [0, 0.05) is 24.7 Å². The fraction of sp³-hybridized carbons (Fsp3) is 0.571. The van der Waals surface area contributed by atoms with Crippen LogP contribution >= 0.6 is 11.6 Å². The van der Waals surface area contributed by atoms with E-state index in [1.807, 2.05) is 0 Å². The van der Waals surface area contributed by atoms with Gasteiger partial charge in [-0.1, -0.05) is 23.7 Å². The number of hydrogen-bond donors (Lipinski definition) is 1. The number of halogens is 2. The lowest BCUT2D eigenvalue weighted by Crippen LogP contribution is -2.49. The number of morpholine rings is 1. The molecule has 0 spiro atoms.